The van der Waals surface area contributed by atoms with Crippen LogP contribution in [-0.2, 0) is 6.54 Å². The van der Waals surface area contributed by atoms with Gasteiger partial charge >= 0.3 is 5.69 Å². The van der Waals surface area contributed by atoms with E-state index in [-0.39, 0.29) is 5.88 Å². The van der Waals surface area contributed by atoms with Crippen molar-refractivity contribution in [1.29, 1.82) is 0 Å². The van der Waals surface area contributed by atoms with Gasteiger partial charge in [0.25, 0.3) is 5.56 Å². The lowest BCUT2D eigenvalue weighted by molar-refractivity contribution is 0.392. The fourth-order valence-electron chi connectivity index (χ4n) is 1.44. The second-order valence-corrected chi connectivity index (χ2v) is 3.68. The number of aromatic amines is 1. The molecule has 0 aliphatic heterocycles. The summed E-state index contributed by atoms with van der Waals surface area (Å²) >= 11 is 0. The summed E-state index contributed by atoms with van der Waals surface area (Å²) in [5.74, 6) is 0.438. The monoisotopic (exact) mass is 196 g/mol. The van der Waals surface area contributed by atoms with Crippen LogP contribution < -0.4 is 11.2 Å². The van der Waals surface area contributed by atoms with E-state index in [1.165, 1.54) is 17.4 Å². The van der Waals surface area contributed by atoms with Crippen LogP contribution in [0.1, 0.15) is 19.3 Å². The highest BCUT2D eigenvalue weighted by molar-refractivity contribution is 5.05. The Kier molecular flexibility index (Phi) is 2.15. The lowest BCUT2D eigenvalue weighted by Gasteiger charge is -2.05. The standard InChI is InChI=1S/C9H12N2O3/c12-7-5-8(13)11(9(14)10-7)4-3-6-1-2-6/h5-6,13H,1-4H2,(H,10,12,14). The Morgan fingerprint density at radius 1 is 1.50 bits per heavy atom. The van der Waals surface area contributed by atoms with Crippen molar-refractivity contribution in [3.63, 3.8) is 0 Å². The predicted octanol–water partition coefficient (Wildman–Crippen LogP) is 0.0423. The number of nitrogens with zero attached hydrogens (tertiary/aromatic N) is 1. The van der Waals surface area contributed by atoms with Crippen LogP contribution in [0, 0.1) is 5.92 Å². The van der Waals surface area contributed by atoms with E-state index in [4.69, 9.17) is 0 Å². The molecule has 0 saturated heterocycles. The maximum atomic E-state index is 11.2. The number of H-pyrrole nitrogens is 1. The van der Waals surface area contributed by atoms with Gasteiger partial charge in [0.2, 0.25) is 5.88 Å². The van der Waals surface area contributed by atoms with E-state index in [0.29, 0.717) is 12.5 Å². The van der Waals surface area contributed by atoms with Crippen molar-refractivity contribution in [2.45, 2.75) is 25.8 Å². The van der Waals surface area contributed by atoms with E-state index >= 15 is 0 Å². The predicted molar refractivity (Wildman–Crippen MR) is 50.3 cm³/mol. The van der Waals surface area contributed by atoms with E-state index in [1.807, 2.05) is 0 Å². The van der Waals surface area contributed by atoms with Crippen LogP contribution >= 0.6 is 0 Å². The minimum atomic E-state index is -0.560. The first kappa shape index (κ1) is 9.05. The molecule has 5 heteroatoms. The molecular formula is C9H12N2O3. The van der Waals surface area contributed by atoms with Crippen LogP contribution in [0.4, 0.5) is 0 Å². The zero-order valence-electron chi connectivity index (χ0n) is 7.69. The third-order valence-electron chi connectivity index (χ3n) is 2.47. The lowest BCUT2D eigenvalue weighted by atomic mass is 10.3. The van der Waals surface area contributed by atoms with Gasteiger partial charge in [-0.2, -0.15) is 0 Å². The third-order valence-corrected chi connectivity index (χ3v) is 2.47. The van der Waals surface area contributed by atoms with Gasteiger partial charge in [-0.1, -0.05) is 12.8 Å². The molecule has 0 atom stereocenters. The Morgan fingerprint density at radius 2 is 2.21 bits per heavy atom. The molecule has 1 aliphatic rings. The third kappa shape index (κ3) is 1.86. The van der Waals surface area contributed by atoms with Gasteiger partial charge in [-0.3, -0.25) is 14.3 Å². The van der Waals surface area contributed by atoms with Gasteiger partial charge in [0.1, 0.15) is 0 Å². The summed E-state index contributed by atoms with van der Waals surface area (Å²) in [7, 11) is 0. The zero-order chi connectivity index (χ0) is 10.1. The van der Waals surface area contributed by atoms with E-state index in [9.17, 15) is 14.7 Å². The van der Waals surface area contributed by atoms with Crippen LogP contribution in [-0.4, -0.2) is 14.7 Å². The molecule has 1 heterocycles. The van der Waals surface area contributed by atoms with Gasteiger partial charge in [0, 0.05) is 6.54 Å². The van der Waals surface area contributed by atoms with Gasteiger partial charge in [0.05, 0.1) is 6.07 Å². The van der Waals surface area contributed by atoms with Crippen LogP contribution in [0.25, 0.3) is 0 Å². The first-order chi connectivity index (χ1) is 6.66. The Bertz CT molecular complexity index is 442. The SMILES string of the molecule is O=c1cc(O)n(CCC2CC2)c(=O)[nH]1. The molecule has 1 fully saturated rings. The molecule has 1 aromatic rings. The Balaban J connectivity index is 2.22. The van der Waals surface area contributed by atoms with Gasteiger partial charge < -0.3 is 5.11 Å². The fraction of sp³-hybridized carbons (Fsp3) is 0.556. The van der Waals surface area contributed by atoms with Gasteiger partial charge in [0.15, 0.2) is 0 Å². The quantitative estimate of drug-likeness (QED) is 0.716. The summed E-state index contributed by atoms with van der Waals surface area (Å²) in [5.41, 5.74) is -1.09. The van der Waals surface area contributed by atoms with Crippen molar-refractivity contribution in [2.75, 3.05) is 0 Å². The highest BCUT2D eigenvalue weighted by Gasteiger charge is 2.21. The minimum Gasteiger partial charge on any atom is -0.494 e. The normalized spacial score (nSPS) is 15.7. The maximum Gasteiger partial charge on any atom is 0.331 e. The molecule has 1 aromatic heterocycles. The fourth-order valence-corrected chi connectivity index (χ4v) is 1.44. The number of hydrogen-bond donors (Lipinski definition) is 2. The topological polar surface area (TPSA) is 75.1 Å². The summed E-state index contributed by atoms with van der Waals surface area (Å²) in [6.45, 7) is 0.478. The largest absolute Gasteiger partial charge is 0.494 e. The van der Waals surface area contributed by atoms with Crippen LogP contribution in [0.15, 0.2) is 15.7 Å². The van der Waals surface area contributed by atoms with Gasteiger partial charge in [-0.25, -0.2) is 4.79 Å². The molecule has 1 aliphatic carbocycles. The molecule has 0 aromatic carbocycles. The average Bonchev–Trinajstić information content (AvgIpc) is 2.85. The summed E-state index contributed by atoms with van der Waals surface area (Å²) in [4.78, 5) is 24.1. The Labute approximate surface area is 80.0 Å². The summed E-state index contributed by atoms with van der Waals surface area (Å²) in [6.07, 6.45) is 3.30. The van der Waals surface area contributed by atoms with Crippen LogP contribution in [0.2, 0.25) is 0 Å². The second kappa shape index (κ2) is 3.32. The van der Waals surface area contributed by atoms with Gasteiger partial charge in [-0.05, 0) is 12.3 Å². The highest BCUT2D eigenvalue weighted by atomic mass is 16.3. The average molecular weight is 196 g/mol. The summed E-state index contributed by atoms with van der Waals surface area (Å²) in [6, 6.07) is 1.02. The van der Waals surface area contributed by atoms with Crippen LogP contribution in [0.3, 0.4) is 0 Å². The van der Waals surface area contributed by atoms with Crippen molar-refractivity contribution in [3.8, 4) is 5.88 Å². The number of hydrogen-bond acceptors (Lipinski definition) is 3. The number of aromatic hydroxyl groups is 1. The molecular weight excluding hydrogens is 184 g/mol. The van der Waals surface area contributed by atoms with Gasteiger partial charge in [-0.15, -0.1) is 0 Å². The molecule has 0 radical (unpaired) electrons. The maximum absolute atomic E-state index is 11.2. The molecule has 0 bridgehead atoms. The van der Waals surface area contributed by atoms with E-state index < -0.39 is 11.2 Å². The smallest absolute Gasteiger partial charge is 0.331 e. The van der Waals surface area contributed by atoms with Crippen LogP contribution in [0.5, 0.6) is 5.88 Å². The lowest BCUT2D eigenvalue weighted by Crippen LogP contribution is -2.29. The molecule has 5 nitrogen and oxygen atoms in total. The first-order valence-electron chi connectivity index (χ1n) is 4.70. The number of nitrogens with one attached hydrogen (secondary N) is 1. The molecule has 1 saturated carbocycles. The zero-order valence-corrected chi connectivity index (χ0v) is 7.69. The minimum absolute atomic E-state index is 0.251. The van der Waals surface area contributed by atoms with Crippen molar-refractivity contribution >= 4 is 0 Å². The van der Waals surface area contributed by atoms with E-state index in [1.54, 1.807) is 0 Å². The first-order valence-corrected chi connectivity index (χ1v) is 4.70. The molecule has 2 rings (SSSR count). The molecule has 0 unspecified atom stereocenters. The van der Waals surface area contributed by atoms with Crippen molar-refractivity contribution in [2.24, 2.45) is 5.92 Å². The summed E-state index contributed by atoms with van der Waals surface area (Å²) < 4.78 is 1.19. The molecule has 76 valence electrons. The Hall–Kier alpha value is -1.52. The molecule has 2 N–H and O–H groups in total. The number of aromatic nitrogens is 2. The molecule has 0 amide bonds. The van der Waals surface area contributed by atoms with Crippen molar-refractivity contribution in [1.82, 2.24) is 9.55 Å². The highest BCUT2D eigenvalue weighted by Crippen LogP contribution is 2.32. The molecule has 14 heavy (non-hydrogen) atoms. The second-order valence-electron chi connectivity index (χ2n) is 3.68. The van der Waals surface area contributed by atoms with Crippen molar-refractivity contribution in [3.05, 3.63) is 26.9 Å². The van der Waals surface area contributed by atoms with E-state index in [0.717, 1.165) is 12.5 Å². The number of rotatable bonds is 3. The molecule has 0 spiro atoms. The van der Waals surface area contributed by atoms with Crippen molar-refractivity contribution < 1.29 is 5.11 Å². The Morgan fingerprint density at radius 3 is 2.79 bits per heavy atom. The summed E-state index contributed by atoms with van der Waals surface area (Å²) in [5, 5.41) is 9.35. The van der Waals surface area contributed by atoms with E-state index in [2.05, 4.69) is 4.98 Å².